The summed E-state index contributed by atoms with van der Waals surface area (Å²) in [5.41, 5.74) is 0. The van der Waals surface area contributed by atoms with Crippen LogP contribution < -0.4 is 0 Å². The SMILES string of the molecule is COC(C#CCOC(=O)CCCCCI)CCCI. The zero-order valence-corrected chi connectivity index (χ0v) is 15.7. The fourth-order valence-corrected chi connectivity index (χ4v) is 2.38. The minimum Gasteiger partial charge on any atom is -0.452 e. The van der Waals surface area contributed by atoms with Gasteiger partial charge in [-0.15, -0.1) is 0 Å². The number of carbonyl (C=O) groups excluding carboxylic acids is 1. The molecule has 0 radical (unpaired) electrons. The molecule has 0 N–H and O–H groups in total. The van der Waals surface area contributed by atoms with E-state index >= 15 is 0 Å². The van der Waals surface area contributed by atoms with Crippen molar-refractivity contribution < 1.29 is 14.3 Å². The Morgan fingerprint density at radius 3 is 2.53 bits per heavy atom. The summed E-state index contributed by atoms with van der Waals surface area (Å²) in [6.45, 7) is 0.176. The van der Waals surface area contributed by atoms with E-state index in [1.807, 2.05) is 0 Å². The first-order chi connectivity index (χ1) is 9.24. The van der Waals surface area contributed by atoms with Crippen LogP contribution in [0.2, 0.25) is 0 Å². The molecule has 19 heavy (non-hydrogen) atoms. The molecule has 3 nitrogen and oxygen atoms in total. The maximum Gasteiger partial charge on any atom is 0.306 e. The van der Waals surface area contributed by atoms with E-state index in [1.54, 1.807) is 7.11 Å². The van der Waals surface area contributed by atoms with Gasteiger partial charge in [-0.25, -0.2) is 0 Å². The second-order valence-electron chi connectivity index (χ2n) is 4.04. The number of unbranched alkanes of at least 4 members (excludes halogenated alkanes) is 2. The van der Waals surface area contributed by atoms with Gasteiger partial charge in [0.1, 0.15) is 6.10 Å². The van der Waals surface area contributed by atoms with E-state index in [4.69, 9.17) is 9.47 Å². The van der Waals surface area contributed by atoms with Gasteiger partial charge in [-0.2, -0.15) is 0 Å². The van der Waals surface area contributed by atoms with Crippen LogP contribution in [0.15, 0.2) is 0 Å². The smallest absolute Gasteiger partial charge is 0.306 e. The van der Waals surface area contributed by atoms with Crippen molar-refractivity contribution in [1.82, 2.24) is 0 Å². The average molecular weight is 492 g/mol. The van der Waals surface area contributed by atoms with E-state index in [9.17, 15) is 4.79 Å². The maximum atomic E-state index is 11.4. The van der Waals surface area contributed by atoms with Crippen molar-refractivity contribution >= 4 is 51.2 Å². The first kappa shape index (κ1) is 19.4. The van der Waals surface area contributed by atoms with Crippen LogP contribution in [0.25, 0.3) is 0 Å². The topological polar surface area (TPSA) is 35.5 Å². The molecule has 0 heterocycles. The number of methoxy groups -OCH3 is 1. The maximum absolute atomic E-state index is 11.4. The minimum atomic E-state index is -0.149. The number of hydrogen-bond donors (Lipinski definition) is 0. The Morgan fingerprint density at radius 2 is 1.89 bits per heavy atom. The van der Waals surface area contributed by atoms with Gasteiger partial charge < -0.3 is 9.47 Å². The summed E-state index contributed by atoms with van der Waals surface area (Å²) in [4.78, 5) is 11.4. The zero-order chi connectivity index (χ0) is 14.3. The highest BCUT2D eigenvalue weighted by Gasteiger charge is 2.02. The second kappa shape index (κ2) is 14.9. The van der Waals surface area contributed by atoms with Gasteiger partial charge in [0.05, 0.1) is 0 Å². The van der Waals surface area contributed by atoms with Crippen LogP contribution in [0, 0.1) is 11.8 Å². The van der Waals surface area contributed by atoms with Crippen molar-refractivity contribution in [2.24, 2.45) is 0 Å². The highest BCUT2D eigenvalue weighted by Crippen LogP contribution is 2.04. The lowest BCUT2D eigenvalue weighted by Gasteiger charge is -2.06. The number of carbonyl (C=O) groups is 1. The lowest BCUT2D eigenvalue weighted by Crippen LogP contribution is -2.09. The summed E-state index contributed by atoms with van der Waals surface area (Å²) in [6, 6.07) is 0. The van der Waals surface area contributed by atoms with E-state index < -0.39 is 0 Å². The third-order valence-corrected chi connectivity index (χ3v) is 3.99. The summed E-state index contributed by atoms with van der Waals surface area (Å²) >= 11 is 4.68. The molecular weight excluding hydrogens is 470 g/mol. The third kappa shape index (κ3) is 13.2. The molecule has 0 rings (SSSR count). The molecule has 0 saturated heterocycles. The highest BCUT2D eigenvalue weighted by atomic mass is 127. The Hall–Kier alpha value is 0.450. The Bertz CT molecular complexity index is 284. The molecule has 0 bridgehead atoms. The molecule has 1 atom stereocenters. The highest BCUT2D eigenvalue weighted by molar-refractivity contribution is 14.1. The summed E-state index contributed by atoms with van der Waals surface area (Å²) in [6.07, 6.45) is 5.64. The van der Waals surface area contributed by atoms with E-state index in [2.05, 4.69) is 57.0 Å². The van der Waals surface area contributed by atoms with Crippen molar-refractivity contribution in [1.29, 1.82) is 0 Å². The molecular formula is C14H22I2O3. The van der Waals surface area contributed by atoms with E-state index in [0.29, 0.717) is 6.42 Å². The number of rotatable bonds is 10. The molecule has 0 fully saturated rings. The molecule has 0 aromatic rings. The summed E-state index contributed by atoms with van der Waals surface area (Å²) in [5, 5.41) is 0. The van der Waals surface area contributed by atoms with Crippen LogP contribution in [-0.2, 0) is 14.3 Å². The number of alkyl halides is 2. The molecule has 0 aromatic carbocycles. The number of esters is 1. The minimum absolute atomic E-state index is 0.0443. The van der Waals surface area contributed by atoms with E-state index in [1.165, 1.54) is 6.42 Å². The van der Waals surface area contributed by atoms with Crippen LogP contribution >= 0.6 is 45.2 Å². The Kier molecular flexibility index (Phi) is 15.2. The fourth-order valence-electron chi connectivity index (χ4n) is 1.40. The van der Waals surface area contributed by atoms with Crippen molar-refractivity contribution in [2.45, 2.75) is 44.6 Å². The van der Waals surface area contributed by atoms with Gasteiger partial charge in [-0.05, 0) is 34.5 Å². The van der Waals surface area contributed by atoms with Crippen molar-refractivity contribution in [3.05, 3.63) is 0 Å². The van der Waals surface area contributed by atoms with Crippen LogP contribution in [0.3, 0.4) is 0 Å². The summed E-state index contributed by atoms with van der Waals surface area (Å²) in [7, 11) is 1.66. The first-order valence-electron chi connectivity index (χ1n) is 6.53. The van der Waals surface area contributed by atoms with Crippen molar-refractivity contribution in [2.75, 3.05) is 22.6 Å². The van der Waals surface area contributed by atoms with Crippen LogP contribution in [-0.4, -0.2) is 34.6 Å². The average Bonchev–Trinajstić information content (AvgIpc) is 2.43. The molecule has 0 amide bonds. The molecule has 0 spiro atoms. The van der Waals surface area contributed by atoms with Crippen LogP contribution in [0.4, 0.5) is 0 Å². The molecule has 0 saturated carbocycles. The lowest BCUT2D eigenvalue weighted by atomic mass is 10.2. The molecule has 0 aromatic heterocycles. The van der Waals surface area contributed by atoms with Crippen molar-refractivity contribution in [3.8, 4) is 11.8 Å². The third-order valence-electron chi connectivity index (χ3n) is 2.47. The van der Waals surface area contributed by atoms with Gasteiger partial charge in [0.2, 0.25) is 0 Å². The Morgan fingerprint density at radius 1 is 1.16 bits per heavy atom. The van der Waals surface area contributed by atoms with Gasteiger partial charge in [0, 0.05) is 13.5 Å². The zero-order valence-electron chi connectivity index (χ0n) is 11.4. The Balaban J connectivity index is 3.67. The largest absolute Gasteiger partial charge is 0.452 e. The standard InChI is InChI=1S/C14H22I2O3/c1-18-13(7-5-11-16)8-6-12-19-14(17)9-3-2-4-10-15/h13H,2-5,7,9-12H2,1H3. The predicted octanol–water partition coefficient (Wildman–Crippen LogP) is 3.76. The predicted molar refractivity (Wildman–Crippen MR) is 95.0 cm³/mol. The number of hydrogen-bond acceptors (Lipinski definition) is 3. The van der Waals surface area contributed by atoms with E-state index in [0.717, 1.165) is 34.5 Å². The van der Waals surface area contributed by atoms with Gasteiger partial charge in [-0.1, -0.05) is 63.4 Å². The number of halogens is 2. The normalized spacial score (nSPS) is 11.5. The molecule has 0 aliphatic heterocycles. The fraction of sp³-hybridized carbons (Fsp3) is 0.786. The van der Waals surface area contributed by atoms with Crippen LogP contribution in [0.1, 0.15) is 38.5 Å². The van der Waals surface area contributed by atoms with Gasteiger partial charge in [0.15, 0.2) is 6.61 Å². The number of ether oxygens (including phenoxy) is 2. The molecule has 0 aliphatic rings. The lowest BCUT2D eigenvalue weighted by molar-refractivity contribution is -0.142. The Labute approximate surface area is 143 Å². The van der Waals surface area contributed by atoms with Crippen molar-refractivity contribution in [3.63, 3.8) is 0 Å². The van der Waals surface area contributed by atoms with Crippen LogP contribution in [0.5, 0.6) is 0 Å². The summed E-state index contributed by atoms with van der Waals surface area (Å²) in [5.74, 6) is 5.69. The second-order valence-corrected chi connectivity index (χ2v) is 6.19. The van der Waals surface area contributed by atoms with Gasteiger partial charge in [-0.3, -0.25) is 4.79 Å². The van der Waals surface area contributed by atoms with Gasteiger partial charge >= 0.3 is 5.97 Å². The molecule has 5 heteroatoms. The molecule has 1 unspecified atom stereocenters. The molecule has 0 aliphatic carbocycles. The quantitative estimate of drug-likeness (QED) is 0.153. The van der Waals surface area contributed by atoms with Gasteiger partial charge in [0.25, 0.3) is 0 Å². The summed E-state index contributed by atoms with van der Waals surface area (Å²) < 4.78 is 12.5. The molecule has 110 valence electrons. The monoisotopic (exact) mass is 492 g/mol. The van der Waals surface area contributed by atoms with E-state index in [-0.39, 0.29) is 18.7 Å². The first-order valence-corrected chi connectivity index (χ1v) is 9.58.